The fourth-order valence-corrected chi connectivity index (χ4v) is 2.01. The van der Waals surface area contributed by atoms with Crippen LogP contribution in [0.5, 0.6) is 0 Å². The lowest BCUT2D eigenvalue weighted by atomic mass is 10.1. The highest BCUT2D eigenvalue weighted by Crippen LogP contribution is 2.22. The maximum absolute atomic E-state index is 5.95. The van der Waals surface area contributed by atoms with Crippen LogP contribution in [-0.2, 0) is 6.42 Å². The van der Waals surface area contributed by atoms with Gasteiger partial charge in [-0.1, -0.05) is 11.6 Å². The van der Waals surface area contributed by atoms with Crippen LogP contribution in [0, 0.1) is 0 Å². The van der Waals surface area contributed by atoms with Crippen molar-refractivity contribution in [2.45, 2.75) is 6.42 Å². The van der Waals surface area contributed by atoms with E-state index in [4.69, 9.17) is 17.3 Å². The van der Waals surface area contributed by atoms with Crippen molar-refractivity contribution in [2.24, 2.45) is 0 Å². The van der Waals surface area contributed by atoms with E-state index in [-0.39, 0.29) is 5.95 Å². The van der Waals surface area contributed by atoms with E-state index in [0.717, 1.165) is 22.2 Å². The van der Waals surface area contributed by atoms with Gasteiger partial charge in [-0.3, -0.25) is 0 Å². The van der Waals surface area contributed by atoms with E-state index >= 15 is 0 Å². The zero-order valence-electron chi connectivity index (χ0n) is 9.39. The number of fused-ring (bicyclic) bond motifs is 1. The van der Waals surface area contributed by atoms with E-state index in [1.807, 2.05) is 12.3 Å². The second-order valence-corrected chi connectivity index (χ2v) is 4.43. The molecule has 0 fully saturated rings. The summed E-state index contributed by atoms with van der Waals surface area (Å²) in [5.74, 6) is 0.280. The van der Waals surface area contributed by atoms with Crippen LogP contribution in [0.25, 0.3) is 11.0 Å². The van der Waals surface area contributed by atoms with Gasteiger partial charge in [0.25, 0.3) is 0 Å². The summed E-state index contributed by atoms with van der Waals surface area (Å²) in [6, 6.07) is 1.90. The third kappa shape index (κ3) is 2.00. The number of rotatable bonds is 2. The Morgan fingerprint density at radius 3 is 2.72 bits per heavy atom. The van der Waals surface area contributed by atoms with E-state index in [0.29, 0.717) is 11.4 Å². The SMILES string of the molecule is Nc1ncc(Cc2c[nH]c3ncc(Cl)cc23)cn1. The molecule has 3 rings (SSSR count). The summed E-state index contributed by atoms with van der Waals surface area (Å²) in [6.45, 7) is 0. The lowest BCUT2D eigenvalue weighted by Gasteiger charge is -2.00. The van der Waals surface area contributed by atoms with Gasteiger partial charge in [0.2, 0.25) is 5.95 Å². The topological polar surface area (TPSA) is 80.5 Å². The standard InChI is InChI=1S/C12H10ClN5/c13-9-2-10-8(5-15-11(10)16-6-9)1-7-3-17-12(14)18-4-7/h2-6H,1H2,(H,15,16)(H2,14,17,18). The number of nitrogens with zero attached hydrogens (tertiary/aromatic N) is 3. The van der Waals surface area contributed by atoms with Crippen LogP contribution in [0.1, 0.15) is 11.1 Å². The van der Waals surface area contributed by atoms with Crippen LogP contribution >= 0.6 is 11.6 Å². The van der Waals surface area contributed by atoms with E-state index in [1.165, 1.54) is 0 Å². The molecule has 0 aliphatic heterocycles. The monoisotopic (exact) mass is 259 g/mol. The van der Waals surface area contributed by atoms with Crippen LogP contribution in [-0.4, -0.2) is 19.9 Å². The summed E-state index contributed by atoms with van der Waals surface area (Å²) in [5, 5.41) is 1.64. The molecule has 0 bridgehead atoms. The van der Waals surface area contributed by atoms with Crippen molar-refractivity contribution in [3.63, 3.8) is 0 Å². The van der Waals surface area contributed by atoms with Gasteiger partial charge >= 0.3 is 0 Å². The van der Waals surface area contributed by atoms with Gasteiger partial charge in [-0.25, -0.2) is 15.0 Å². The van der Waals surface area contributed by atoms with Gasteiger partial charge in [0.1, 0.15) is 5.65 Å². The van der Waals surface area contributed by atoms with Gasteiger partial charge in [-0.05, 0) is 17.2 Å². The number of halogens is 1. The zero-order valence-corrected chi connectivity index (χ0v) is 10.1. The molecule has 5 nitrogen and oxygen atoms in total. The lowest BCUT2D eigenvalue weighted by molar-refractivity contribution is 1.09. The first kappa shape index (κ1) is 11.0. The molecule has 0 spiro atoms. The highest BCUT2D eigenvalue weighted by Gasteiger charge is 2.06. The number of aromatic amines is 1. The maximum Gasteiger partial charge on any atom is 0.219 e. The number of pyridine rings is 1. The predicted octanol–water partition coefficient (Wildman–Crippen LogP) is 2.18. The number of hydrogen-bond donors (Lipinski definition) is 2. The van der Waals surface area contributed by atoms with Crippen LogP contribution in [0.15, 0.2) is 30.9 Å². The molecule has 0 aromatic carbocycles. The molecule has 0 saturated carbocycles. The molecule has 18 heavy (non-hydrogen) atoms. The number of hydrogen-bond acceptors (Lipinski definition) is 4. The molecule has 90 valence electrons. The van der Waals surface area contributed by atoms with E-state index in [2.05, 4.69) is 19.9 Å². The molecular formula is C12H10ClN5. The summed E-state index contributed by atoms with van der Waals surface area (Å²) in [4.78, 5) is 15.3. The molecular weight excluding hydrogens is 250 g/mol. The normalized spacial score (nSPS) is 10.9. The molecule has 0 atom stereocenters. The third-order valence-electron chi connectivity index (χ3n) is 2.70. The van der Waals surface area contributed by atoms with E-state index < -0.39 is 0 Å². The minimum Gasteiger partial charge on any atom is -0.368 e. The number of aromatic nitrogens is 4. The molecule has 0 aliphatic rings. The van der Waals surface area contributed by atoms with Crippen LogP contribution in [0.4, 0.5) is 5.95 Å². The van der Waals surface area contributed by atoms with Gasteiger partial charge < -0.3 is 10.7 Å². The fourth-order valence-electron chi connectivity index (χ4n) is 1.85. The first-order valence-corrected chi connectivity index (χ1v) is 5.78. The smallest absolute Gasteiger partial charge is 0.219 e. The molecule has 3 heterocycles. The Morgan fingerprint density at radius 1 is 1.17 bits per heavy atom. The molecule has 0 unspecified atom stereocenters. The van der Waals surface area contributed by atoms with Gasteiger partial charge in [-0.2, -0.15) is 0 Å². The Kier molecular flexibility index (Phi) is 2.60. The van der Waals surface area contributed by atoms with Gasteiger partial charge in [0, 0.05) is 36.6 Å². The van der Waals surface area contributed by atoms with Gasteiger partial charge in [-0.15, -0.1) is 0 Å². The molecule has 3 N–H and O–H groups in total. The van der Waals surface area contributed by atoms with Crippen molar-refractivity contribution in [1.82, 2.24) is 19.9 Å². The highest BCUT2D eigenvalue weighted by molar-refractivity contribution is 6.31. The average molecular weight is 260 g/mol. The van der Waals surface area contributed by atoms with E-state index in [9.17, 15) is 0 Å². The maximum atomic E-state index is 5.95. The summed E-state index contributed by atoms with van der Waals surface area (Å²) in [5.41, 5.74) is 8.38. The van der Waals surface area contributed by atoms with Gasteiger partial charge in [0.05, 0.1) is 5.02 Å². The quantitative estimate of drug-likeness (QED) is 0.739. The number of nitrogens with one attached hydrogen (secondary N) is 1. The largest absolute Gasteiger partial charge is 0.368 e. The number of anilines is 1. The molecule has 6 heteroatoms. The minimum atomic E-state index is 0.280. The Morgan fingerprint density at radius 2 is 1.94 bits per heavy atom. The highest BCUT2D eigenvalue weighted by atomic mass is 35.5. The minimum absolute atomic E-state index is 0.280. The number of H-pyrrole nitrogens is 1. The third-order valence-corrected chi connectivity index (χ3v) is 2.91. The van der Waals surface area contributed by atoms with Crippen molar-refractivity contribution < 1.29 is 0 Å². The van der Waals surface area contributed by atoms with E-state index in [1.54, 1.807) is 18.6 Å². The van der Waals surface area contributed by atoms with Crippen LogP contribution in [0.3, 0.4) is 0 Å². The average Bonchev–Trinajstić information content (AvgIpc) is 2.75. The molecule has 3 aromatic rings. The Hall–Kier alpha value is -2.14. The first-order chi connectivity index (χ1) is 8.72. The molecule has 3 aromatic heterocycles. The number of nitrogens with two attached hydrogens (primary N) is 1. The summed E-state index contributed by atoms with van der Waals surface area (Å²) >= 11 is 5.95. The van der Waals surface area contributed by atoms with Crippen molar-refractivity contribution in [1.29, 1.82) is 0 Å². The molecule has 0 aliphatic carbocycles. The summed E-state index contributed by atoms with van der Waals surface area (Å²) in [6.07, 6.45) is 7.70. The Balaban J connectivity index is 1.99. The Labute approximate surface area is 108 Å². The summed E-state index contributed by atoms with van der Waals surface area (Å²) < 4.78 is 0. The van der Waals surface area contributed by atoms with Crippen molar-refractivity contribution in [3.05, 3.63) is 47.0 Å². The van der Waals surface area contributed by atoms with Crippen molar-refractivity contribution in [2.75, 3.05) is 5.73 Å². The van der Waals surface area contributed by atoms with Crippen LogP contribution < -0.4 is 5.73 Å². The molecule has 0 radical (unpaired) electrons. The molecule has 0 saturated heterocycles. The zero-order chi connectivity index (χ0) is 12.5. The second kappa shape index (κ2) is 4.27. The van der Waals surface area contributed by atoms with Crippen LogP contribution in [0.2, 0.25) is 5.02 Å². The van der Waals surface area contributed by atoms with Gasteiger partial charge in [0.15, 0.2) is 0 Å². The molecule has 0 amide bonds. The second-order valence-electron chi connectivity index (χ2n) is 3.99. The Bertz CT molecular complexity index is 689. The van der Waals surface area contributed by atoms with Crippen molar-refractivity contribution >= 4 is 28.6 Å². The van der Waals surface area contributed by atoms with Crippen molar-refractivity contribution in [3.8, 4) is 0 Å². The predicted molar refractivity (Wildman–Crippen MR) is 70.4 cm³/mol. The summed E-state index contributed by atoms with van der Waals surface area (Å²) in [7, 11) is 0. The number of nitrogen functional groups attached to an aromatic ring is 1. The fraction of sp³-hybridized carbons (Fsp3) is 0.0833. The lowest BCUT2D eigenvalue weighted by Crippen LogP contribution is -1.96. The first-order valence-electron chi connectivity index (χ1n) is 5.40.